The van der Waals surface area contributed by atoms with Gasteiger partial charge in [0, 0.05) is 23.7 Å². The van der Waals surface area contributed by atoms with Crippen LogP contribution in [0.1, 0.15) is 60.3 Å². The summed E-state index contributed by atoms with van der Waals surface area (Å²) >= 11 is 0. The van der Waals surface area contributed by atoms with Gasteiger partial charge >= 0.3 is 0 Å². The van der Waals surface area contributed by atoms with Crippen molar-refractivity contribution in [1.82, 2.24) is 0 Å². The Labute approximate surface area is 183 Å². The predicted octanol–water partition coefficient (Wildman–Crippen LogP) is 2.92. The molecule has 31 heavy (non-hydrogen) atoms. The molecule has 4 aliphatic carbocycles. The van der Waals surface area contributed by atoms with Gasteiger partial charge in [0.1, 0.15) is 0 Å². The molecule has 6 nitrogen and oxygen atoms in total. The fourth-order valence-electron chi connectivity index (χ4n) is 8.08. The lowest BCUT2D eigenvalue weighted by molar-refractivity contribution is -0.223. The van der Waals surface area contributed by atoms with Crippen LogP contribution in [0.2, 0.25) is 0 Å². The highest BCUT2D eigenvalue weighted by atomic mass is 16.8. The average Bonchev–Trinajstić information content (AvgIpc) is 3.07. The maximum absolute atomic E-state index is 13.4. The van der Waals surface area contributed by atoms with Crippen LogP contribution < -0.4 is 0 Å². The van der Waals surface area contributed by atoms with Crippen molar-refractivity contribution < 1.29 is 29.0 Å². The first-order valence-electron chi connectivity index (χ1n) is 11.4. The van der Waals surface area contributed by atoms with Gasteiger partial charge in [-0.05, 0) is 63.5 Å². The highest BCUT2D eigenvalue weighted by Gasteiger charge is 2.77. The number of aliphatic hydroxyl groups excluding tert-OH is 1. The van der Waals surface area contributed by atoms with Gasteiger partial charge in [-0.2, -0.15) is 0 Å². The molecule has 8 atom stereocenters. The summed E-state index contributed by atoms with van der Waals surface area (Å²) in [5, 5.41) is 11.5. The van der Waals surface area contributed by atoms with Gasteiger partial charge in [0.05, 0.1) is 12.2 Å². The number of fused-ring (bicyclic) bond motifs is 7. The number of carbonyl (C=O) groups excluding carboxylic acids is 3. The molecule has 0 aromatic rings. The summed E-state index contributed by atoms with van der Waals surface area (Å²) in [7, 11) is 0. The molecule has 0 amide bonds. The molecule has 1 saturated heterocycles. The van der Waals surface area contributed by atoms with E-state index in [1.54, 1.807) is 26.0 Å². The average molecular weight is 429 g/mol. The zero-order chi connectivity index (χ0) is 22.6. The number of allylic oxidation sites excluding steroid dienone is 4. The molecule has 5 rings (SSSR count). The van der Waals surface area contributed by atoms with Gasteiger partial charge in [-0.1, -0.05) is 25.5 Å². The molecule has 1 unspecified atom stereocenters. The number of ketones is 3. The second kappa shape index (κ2) is 6.24. The summed E-state index contributed by atoms with van der Waals surface area (Å²) in [6, 6.07) is 0. The molecule has 1 aliphatic heterocycles. The highest BCUT2D eigenvalue weighted by Crippen LogP contribution is 2.70. The molecule has 0 aromatic carbocycles. The van der Waals surface area contributed by atoms with Crippen molar-refractivity contribution in [3.63, 3.8) is 0 Å². The summed E-state index contributed by atoms with van der Waals surface area (Å²) in [5.74, 6) is -1.85. The fourth-order valence-corrected chi connectivity index (χ4v) is 8.08. The minimum Gasteiger partial charge on any atom is -0.393 e. The maximum atomic E-state index is 13.4. The summed E-state index contributed by atoms with van der Waals surface area (Å²) in [4.78, 5) is 37.7. The van der Waals surface area contributed by atoms with Gasteiger partial charge in [0.25, 0.3) is 0 Å². The zero-order valence-corrected chi connectivity index (χ0v) is 18.9. The third-order valence-electron chi connectivity index (χ3n) is 9.15. The van der Waals surface area contributed by atoms with E-state index in [1.807, 2.05) is 13.0 Å². The van der Waals surface area contributed by atoms with Crippen LogP contribution in [0.4, 0.5) is 0 Å². The van der Waals surface area contributed by atoms with Crippen LogP contribution in [-0.2, 0) is 23.9 Å². The van der Waals surface area contributed by atoms with Crippen molar-refractivity contribution >= 4 is 17.3 Å². The smallest absolute Gasteiger partial charge is 0.233 e. The number of carbonyl (C=O) groups is 3. The van der Waals surface area contributed by atoms with E-state index in [0.29, 0.717) is 12.8 Å². The molecule has 5 aliphatic rings. The number of hydrogen-bond acceptors (Lipinski definition) is 6. The standard InChI is InChI=1S/C25H32O6/c1-13(26)21(29)25-19(30-22(2,3)31-25)11-17-16-7-6-14-10-15(27)8-9-23(14,4)20(16)18(28)12-24(17,25)5/h8-10,16-20,28H,6-7,11-12H2,1-5H3/t16-,17?,18-,19+,20+,23-,24-,25-/m0/s1. The number of rotatable bonds is 2. The predicted molar refractivity (Wildman–Crippen MR) is 112 cm³/mol. The number of Topliss-reactive ketones (excluding diaryl/α,β-unsaturated/α-hetero) is 2. The fraction of sp³-hybridized carbons (Fsp3) is 0.720. The number of aliphatic hydroxyl groups is 1. The molecule has 0 bridgehead atoms. The van der Waals surface area contributed by atoms with E-state index in [1.165, 1.54) is 6.92 Å². The topological polar surface area (TPSA) is 89.9 Å². The van der Waals surface area contributed by atoms with Crippen LogP contribution in [-0.4, -0.2) is 46.1 Å². The SMILES string of the molecule is CC(=O)C(=O)[C@@]12OC(C)(C)O[C@@H]1CC1[C@@H]3CCC4=CC(=O)C=C[C@]4(C)[C@H]3[C@@H](O)C[C@@]12C. The first-order valence-corrected chi connectivity index (χ1v) is 11.4. The van der Waals surface area contributed by atoms with Crippen molar-refractivity contribution in [2.45, 2.75) is 83.9 Å². The lowest BCUT2D eigenvalue weighted by atomic mass is 9.46. The monoisotopic (exact) mass is 428 g/mol. The Kier molecular flexibility index (Phi) is 4.27. The molecular formula is C25H32O6. The second-order valence-electron chi connectivity index (χ2n) is 11.2. The lowest BCUT2D eigenvalue weighted by Gasteiger charge is -2.59. The van der Waals surface area contributed by atoms with Gasteiger partial charge in [0.2, 0.25) is 5.78 Å². The van der Waals surface area contributed by atoms with Crippen LogP contribution in [0.15, 0.2) is 23.8 Å². The molecule has 1 heterocycles. The third kappa shape index (κ3) is 2.53. The first-order chi connectivity index (χ1) is 14.4. The molecule has 1 N–H and O–H groups in total. The third-order valence-corrected chi connectivity index (χ3v) is 9.15. The summed E-state index contributed by atoms with van der Waals surface area (Å²) in [5.41, 5.74) is -1.37. The van der Waals surface area contributed by atoms with Crippen molar-refractivity contribution in [1.29, 1.82) is 0 Å². The van der Waals surface area contributed by atoms with Gasteiger partial charge < -0.3 is 14.6 Å². The van der Waals surface area contributed by atoms with Crippen molar-refractivity contribution in [2.75, 3.05) is 0 Å². The Morgan fingerprint density at radius 1 is 1.19 bits per heavy atom. The molecule has 0 radical (unpaired) electrons. The van der Waals surface area contributed by atoms with Crippen LogP contribution >= 0.6 is 0 Å². The maximum Gasteiger partial charge on any atom is 0.233 e. The molecule has 4 fully saturated rings. The summed E-state index contributed by atoms with van der Waals surface area (Å²) in [6.45, 7) is 8.99. The Balaban J connectivity index is 1.61. The van der Waals surface area contributed by atoms with Crippen molar-refractivity contribution in [3.8, 4) is 0 Å². The van der Waals surface area contributed by atoms with Crippen molar-refractivity contribution in [3.05, 3.63) is 23.8 Å². The molecule has 0 aromatic heterocycles. The highest BCUT2D eigenvalue weighted by molar-refractivity contribution is 6.40. The van der Waals surface area contributed by atoms with Gasteiger partial charge in [-0.3, -0.25) is 14.4 Å². The molecule has 168 valence electrons. The Bertz CT molecular complexity index is 946. The molecule has 0 spiro atoms. The van der Waals surface area contributed by atoms with Crippen molar-refractivity contribution in [2.24, 2.45) is 28.6 Å². The van der Waals surface area contributed by atoms with Gasteiger partial charge in [0.15, 0.2) is 23.0 Å². The van der Waals surface area contributed by atoms with E-state index in [9.17, 15) is 19.5 Å². The van der Waals surface area contributed by atoms with E-state index in [2.05, 4.69) is 6.92 Å². The van der Waals surface area contributed by atoms with E-state index < -0.39 is 40.6 Å². The zero-order valence-electron chi connectivity index (χ0n) is 18.9. The van der Waals surface area contributed by atoms with E-state index in [-0.39, 0.29) is 29.0 Å². The van der Waals surface area contributed by atoms with Crippen LogP contribution in [0.5, 0.6) is 0 Å². The van der Waals surface area contributed by atoms with Crippen LogP contribution in [0, 0.1) is 28.6 Å². The van der Waals surface area contributed by atoms with E-state index in [4.69, 9.17) is 9.47 Å². The molecule has 3 saturated carbocycles. The lowest BCUT2D eigenvalue weighted by Crippen LogP contribution is -2.64. The largest absolute Gasteiger partial charge is 0.393 e. The molecular weight excluding hydrogens is 396 g/mol. The number of hydrogen-bond donors (Lipinski definition) is 1. The normalized spacial score (nSPS) is 49.5. The van der Waals surface area contributed by atoms with Gasteiger partial charge in [-0.25, -0.2) is 0 Å². The minimum absolute atomic E-state index is 0.00602. The Morgan fingerprint density at radius 2 is 1.90 bits per heavy atom. The minimum atomic E-state index is -1.37. The van der Waals surface area contributed by atoms with E-state index >= 15 is 0 Å². The number of ether oxygens (including phenoxy) is 2. The first kappa shape index (κ1) is 21.2. The summed E-state index contributed by atoms with van der Waals surface area (Å²) < 4.78 is 12.6. The quantitative estimate of drug-likeness (QED) is 0.680. The van der Waals surface area contributed by atoms with Crippen LogP contribution in [0.3, 0.4) is 0 Å². The van der Waals surface area contributed by atoms with Gasteiger partial charge in [-0.15, -0.1) is 0 Å². The Hall–Kier alpha value is -1.63. The summed E-state index contributed by atoms with van der Waals surface area (Å²) in [6.07, 6.45) is 6.75. The van der Waals surface area contributed by atoms with E-state index in [0.717, 1.165) is 18.4 Å². The van der Waals surface area contributed by atoms with Crippen LogP contribution in [0.25, 0.3) is 0 Å². The second-order valence-corrected chi connectivity index (χ2v) is 11.2. The molecule has 6 heteroatoms. The Morgan fingerprint density at radius 3 is 2.58 bits per heavy atom.